The van der Waals surface area contributed by atoms with Crippen LogP contribution in [0.15, 0.2) is 0 Å². The third-order valence-electron chi connectivity index (χ3n) is 4.16. The van der Waals surface area contributed by atoms with Crippen LogP contribution >= 0.6 is 0 Å². The largest absolute Gasteiger partial charge is 0.313 e. The van der Waals surface area contributed by atoms with Gasteiger partial charge >= 0.3 is 0 Å². The summed E-state index contributed by atoms with van der Waals surface area (Å²) < 4.78 is 22.9. The van der Waals surface area contributed by atoms with E-state index in [1.54, 1.807) is 0 Å². The van der Waals surface area contributed by atoms with Crippen LogP contribution in [0.3, 0.4) is 0 Å². The van der Waals surface area contributed by atoms with Crippen molar-refractivity contribution < 1.29 is 8.42 Å². The van der Waals surface area contributed by atoms with Crippen molar-refractivity contribution in [1.29, 1.82) is 0 Å². The van der Waals surface area contributed by atoms with Crippen molar-refractivity contribution in [2.45, 2.75) is 46.1 Å². The first-order valence-electron chi connectivity index (χ1n) is 6.74. The van der Waals surface area contributed by atoms with Gasteiger partial charge in [0.2, 0.25) is 0 Å². The summed E-state index contributed by atoms with van der Waals surface area (Å²) in [5.41, 5.74) is 0. The second-order valence-corrected chi connectivity index (χ2v) is 7.97. The Balaban J connectivity index is 2.64. The van der Waals surface area contributed by atoms with Crippen LogP contribution in [0.1, 0.15) is 40.0 Å². The van der Waals surface area contributed by atoms with Gasteiger partial charge in [-0.15, -0.1) is 0 Å². The monoisotopic (exact) mass is 261 g/mol. The predicted molar refractivity (Wildman–Crippen MR) is 72.8 cm³/mol. The molecule has 4 atom stereocenters. The van der Waals surface area contributed by atoms with Crippen LogP contribution in [0, 0.1) is 17.8 Å². The molecule has 0 saturated heterocycles. The van der Waals surface area contributed by atoms with E-state index in [-0.39, 0.29) is 11.8 Å². The van der Waals surface area contributed by atoms with Crippen molar-refractivity contribution in [3.63, 3.8) is 0 Å². The highest BCUT2D eigenvalue weighted by atomic mass is 32.2. The summed E-state index contributed by atoms with van der Waals surface area (Å²) in [5, 5.41) is 3.37. The molecular weight excluding hydrogens is 234 g/mol. The summed E-state index contributed by atoms with van der Waals surface area (Å²) in [5.74, 6) is 2.31. The highest BCUT2D eigenvalue weighted by Gasteiger charge is 2.31. The van der Waals surface area contributed by atoms with Gasteiger partial charge in [-0.25, -0.2) is 8.42 Å². The molecule has 1 aliphatic rings. The molecule has 0 heterocycles. The molecule has 0 amide bonds. The van der Waals surface area contributed by atoms with Crippen LogP contribution in [-0.4, -0.2) is 33.0 Å². The summed E-state index contributed by atoms with van der Waals surface area (Å²) in [7, 11) is -2.89. The van der Waals surface area contributed by atoms with Crippen molar-refractivity contribution in [1.82, 2.24) is 5.32 Å². The second-order valence-electron chi connectivity index (χ2n) is 5.78. The van der Waals surface area contributed by atoms with E-state index in [1.165, 1.54) is 19.1 Å². The highest BCUT2D eigenvalue weighted by molar-refractivity contribution is 7.90. The summed E-state index contributed by atoms with van der Waals surface area (Å²) >= 11 is 0. The van der Waals surface area contributed by atoms with Crippen LogP contribution < -0.4 is 5.32 Å². The number of nitrogens with one attached hydrogen (secondary N) is 1. The topological polar surface area (TPSA) is 46.2 Å². The van der Waals surface area contributed by atoms with E-state index in [1.807, 2.05) is 6.92 Å². The minimum absolute atomic E-state index is 0.143. The molecule has 1 aliphatic carbocycles. The Hall–Kier alpha value is -0.0900. The Bertz CT molecular complexity index is 326. The fourth-order valence-electron chi connectivity index (χ4n) is 2.90. The molecule has 1 N–H and O–H groups in total. The molecule has 0 spiro atoms. The summed E-state index contributed by atoms with van der Waals surface area (Å²) in [6, 6.07) is 0.143. The van der Waals surface area contributed by atoms with Gasteiger partial charge in [-0.2, -0.15) is 0 Å². The van der Waals surface area contributed by atoms with E-state index < -0.39 is 9.84 Å². The van der Waals surface area contributed by atoms with Crippen LogP contribution in [0.5, 0.6) is 0 Å². The fraction of sp³-hybridized carbons (Fsp3) is 1.00. The van der Waals surface area contributed by atoms with Gasteiger partial charge in [-0.1, -0.05) is 27.2 Å². The van der Waals surface area contributed by atoms with E-state index in [2.05, 4.69) is 19.2 Å². The van der Waals surface area contributed by atoms with Crippen molar-refractivity contribution in [3.05, 3.63) is 0 Å². The van der Waals surface area contributed by atoms with Gasteiger partial charge in [0.15, 0.2) is 0 Å². The molecular formula is C13H27NO2S. The van der Waals surface area contributed by atoms with Crippen LogP contribution in [0.2, 0.25) is 0 Å². The van der Waals surface area contributed by atoms with Crippen LogP contribution in [0.4, 0.5) is 0 Å². The van der Waals surface area contributed by atoms with E-state index in [4.69, 9.17) is 0 Å². The Morgan fingerprint density at radius 2 is 1.88 bits per heavy atom. The number of hydrogen-bond donors (Lipinski definition) is 1. The quantitative estimate of drug-likeness (QED) is 0.824. The molecule has 0 aromatic heterocycles. The standard InChI is InChI=1S/C13H27NO2S/c1-5-14-13(9-17(4,15)16)12-7-6-10(2)11(3)8-12/h10-14H,5-9H2,1-4H3. The zero-order valence-corrected chi connectivity index (χ0v) is 12.4. The Kier molecular flexibility index (Phi) is 5.45. The number of rotatable bonds is 5. The van der Waals surface area contributed by atoms with Gasteiger partial charge < -0.3 is 5.32 Å². The van der Waals surface area contributed by atoms with Crippen LogP contribution in [0.25, 0.3) is 0 Å². The van der Waals surface area contributed by atoms with Crippen molar-refractivity contribution in [2.24, 2.45) is 17.8 Å². The summed E-state index contributed by atoms with van der Waals surface area (Å²) in [4.78, 5) is 0. The fourth-order valence-corrected chi connectivity index (χ4v) is 3.95. The maximum atomic E-state index is 11.5. The molecule has 1 fully saturated rings. The lowest BCUT2D eigenvalue weighted by Crippen LogP contribution is -2.43. The van der Waals surface area contributed by atoms with E-state index >= 15 is 0 Å². The lowest BCUT2D eigenvalue weighted by atomic mass is 9.73. The molecule has 17 heavy (non-hydrogen) atoms. The average molecular weight is 261 g/mol. The van der Waals surface area contributed by atoms with Gasteiger partial charge in [0, 0.05) is 12.3 Å². The summed E-state index contributed by atoms with van der Waals surface area (Å²) in [6.07, 6.45) is 4.90. The highest BCUT2D eigenvalue weighted by Crippen LogP contribution is 2.35. The first kappa shape index (κ1) is 15.0. The first-order valence-corrected chi connectivity index (χ1v) is 8.80. The van der Waals surface area contributed by atoms with Gasteiger partial charge in [0.25, 0.3) is 0 Å². The molecule has 0 bridgehead atoms. The minimum atomic E-state index is -2.89. The van der Waals surface area contributed by atoms with Gasteiger partial charge in [0.1, 0.15) is 9.84 Å². The molecule has 1 rings (SSSR count). The molecule has 1 saturated carbocycles. The average Bonchev–Trinajstić information content (AvgIpc) is 2.19. The molecule has 4 heteroatoms. The second kappa shape index (κ2) is 6.19. The molecule has 0 radical (unpaired) electrons. The van der Waals surface area contributed by atoms with E-state index in [9.17, 15) is 8.42 Å². The van der Waals surface area contributed by atoms with Gasteiger partial charge in [-0.3, -0.25) is 0 Å². The number of sulfone groups is 1. The lowest BCUT2D eigenvalue weighted by molar-refractivity contribution is 0.178. The Morgan fingerprint density at radius 3 is 2.35 bits per heavy atom. The van der Waals surface area contributed by atoms with Crippen molar-refractivity contribution in [2.75, 3.05) is 18.6 Å². The molecule has 0 aliphatic heterocycles. The zero-order chi connectivity index (χ0) is 13.1. The Labute approximate surface area is 106 Å². The molecule has 3 nitrogen and oxygen atoms in total. The minimum Gasteiger partial charge on any atom is -0.313 e. The molecule has 0 aromatic carbocycles. The van der Waals surface area contributed by atoms with Crippen LogP contribution in [-0.2, 0) is 9.84 Å². The normalized spacial score (nSPS) is 32.4. The molecule has 4 unspecified atom stereocenters. The third-order valence-corrected chi connectivity index (χ3v) is 5.12. The lowest BCUT2D eigenvalue weighted by Gasteiger charge is -2.36. The summed E-state index contributed by atoms with van der Waals surface area (Å²) in [6.45, 7) is 7.49. The first-order chi connectivity index (χ1) is 7.83. The zero-order valence-electron chi connectivity index (χ0n) is 11.6. The SMILES string of the molecule is CCNC(CS(C)(=O)=O)C1CCC(C)C(C)C1. The smallest absolute Gasteiger partial charge is 0.148 e. The maximum absolute atomic E-state index is 11.5. The third kappa shape index (κ3) is 4.96. The molecule has 102 valence electrons. The van der Waals surface area contributed by atoms with E-state index in [0.29, 0.717) is 5.92 Å². The van der Waals surface area contributed by atoms with Gasteiger partial charge in [0.05, 0.1) is 5.75 Å². The van der Waals surface area contributed by atoms with Crippen molar-refractivity contribution in [3.8, 4) is 0 Å². The predicted octanol–water partition coefficient (Wildman–Crippen LogP) is 2.08. The van der Waals surface area contributed by atoms with Gasteiger partial charge in [-0.05, 0) is 37.1 Å². The van der Waals surface area contributed by atoms with E-state index in [0.717, 1.165) is 24.8 Å². The van der Waals surface area contributed by atoms with Crippen molar-refractivity contribution >= 4 is 9.84 Å². The Morgan fingerprint density at radius 1 is 1.24 bits per heavy atom. The maximum Gasteiger partial charge on any atom is 0.148 e. The number of hydrogen-bond acceptors (Lipinski definition) is 3. The molecule has 0 aromatic rings.